The zero-order chi connectivity index (χ0) is 26.1. The van der Waals surface area contributed by atoms with Gasteiger partial charge in [0.2, 0.25) is 5.90 Å². The molecule has 37 heavy (non-hydrogen) atoms. The minimum Gasteiger partial charge on any atom is -0.479 e. The van der Waals surface area contributed by atoms with Crippen LogP contribution in [0.25, 0.3) is 5.69 Å². The number of aliphatic imine (C=N–C) groups is 1. The van der Waals surface area contributed by atoms with Gasteiger partial charge in [0.15, 0.2) is 5.82 Å². The lowest BCUT2D eigenvalue weighted by Gasteiger charge is -2.32. The number of aryl methyl sites for hydroxylation is 2. The number of benzene rings is 3. The monoisotopic (exact) mass is 500 g/mol. The highest BCUT2D eigenvalue weighted by molar-refractivity contribution is 5.99. The van der Waals surface area contributed by atoms with Gasteiger partial charge in [-0.3, -0.25) is 4.79 Å². The Balaban J connectivity index is 1.67. The number of ether oxygens (including phenoxy) is 1. The van der Waals surface area contributed by atoms with Crippen molar-refractivity contribution < 1.29 is 18.3 Å². The maximum absolute atomic E-state index is 13.9. The number of aromatic nitrogens is 2. The normalized spacial score (nSPS) is 16.6. The molecule has 8 heteroatoms. The summed E-state index contributed by atoms with van der Waals surface area (Å²) in [6.07, 6.45) is 0. The molecule has 1 aliphatic heterocycles. The summed E-state index contributed by atoms with van der Waals surface area (Å²) in [5.41, 5.74) is 4.33. The molecule has 0 saturated heterocycles. The van der Waals surface area contributed by atoms with E-state index in [0.717, 1.165) is 16.7 Å². The highest BCUT2D eigenvalue weighted by Gasteiger charge is 2.40. The summed E-state index contributed by atoms with van der Waals surface area (Å²) in [6.45, 7) is 5.94. The molecule has 0 bridgehead atoms. The fraction of sp³-hybridized carbons (Fsp3) is 0.207. The quantitative estimate of drug-likeness (QED) is 0.378. The number of hydrogen-bond acceptors (Lipinski definition) is 4. The van der Waals surface area contributed by atoms with E-state index in [4.69, 9.17) is 14.8 Å². The smallest absolute Gasteiger partial charge is 0.251 e. The second-order valence-corrected chi connectivity index (χ2v) is 8.94. The molecule has 2 atom stereocenters. The topological polar surface area (TPSA) is 68.5 Å². The van der Waals surface area contributed by atoms with E-state index in [1.54, 1.807) is 35.0 Å². The Labute approximate surface area is 213 Å². The molecule has 1 N–H and O–H groups in total. The molecule has 4 aromatic rings. The van der Waals surface area contributed by atoms with Crippen LogP contribution in [-0.4, -0.2) is 34.2 Å². The van der Waals surface area contributed by atoms with Crippen LogP contribution in [0.2, 0.25) is 0 Å². The lowest BCUT2D eigenvalue weighted by Crippen LogP contribution is -2.47. The molecule has 188 valence electrons. The van der Waals surface area contributed by atoms with Crippen molar-refractivity contribution in [1.82, 2.24) is 15.1 Å². The van der Waals surface area contributed by atoms with Crippen LogP contribution in [0.3, 0.4) is 0 Å². The van der Waals surface area contributed by atoms with Gasteiger partial charge in [0.05, 0.1) is 18.0 Å². The molecule has 0 fully saturated rings. The first kappa shape index (κ1) is 24.4. The van der Waals surface area contributed by atoms with Gasteiger partial charge < -0.3 is 10.1 Å². The van der Waals surface area contributed by atoms with Crippen LogP contribution in [0, 0.1) is 25.5 Å². The molecular formula is C29H26F2N4O2. The summed E-state index contributed by atoms with van der Waals surface area (Å²) in [6, 6.07) is 18.8. The number of amides is 1. The van der Waals surface area contributed by atoms with E-state index in [0.29, 0.717) is 35.3 Å². The maximum atomic E-state index is 13.9. The molecular weight excluding hydrogens is 474 g/mol. The predicted octanol–water partition coefficient (Wildman–Crippen LogP) is 5.78. The Hall–Kier alpha value is -4.33. The lowest BCUT2D eigenvalue weighted by molar-refractivity contribution is 0.0938. The Bertz CT molecular complexity index is 1480. The van der Waals surface area contributed by atoms with Crippen LogP contribution >= 0.6 is 0 Å². The molecule has 2 heterocycles. The van der Waals surface area contributed by atoms with Crippen LogP contribution in [0.1, 0.15) is 45.6 Å². The Morgan fingerprint density at radius 3 is 2.32 bits per heavy atom. The number of rotatable bonds is 5. The summed E-state index contributed by atoms with van der Waals surface area (Å²) in [7, 11) is 0. The summed E-state index contributed by atoms with van der Waals surface area (Å²) in [5.74, 6) is -0.630. The SMILES string of the molecule is CCOC1=Nc2c(c(C)nn2-c2ccc(F)cc2)[C@H](c2ccc(F)cc2)[C@@H]1NC(=O)c1cccc(C)c1. The molecule has 0 radical (unpaired) electrons. The first-order valence-electron chi connectivity index (χ1n) is 12.1. The van der Waals surface area contributed by atoms with E-state index in [1.807, 2.05) is 39.0 Å². The number of carbonyl (C=O) groups is 1. The number of nitrogens with one attached hydrogen (secondary N) is 1. The van der Waals surface area contributed by atoms with Crippen molar-refractivity contribution in [3.63, 3.8) is 0 Å². The molecule has 5 rings (SSSR count). The molecule has 0 unspecified atom stereocenters. The Kier molecular flexibility index (Phi) is 6.56. The van der Waals surface area contributed by atoms with Crippen LogP contribution in [0.5, 0.6) is 0 Å². The highest BCUT2D eigenvalue weighted by atomic mass is 19.1. The third-order valence-electron chi connectivity index (χ3n) is 6.37. The third kappa shape index (κ3) is 4.74. The number of halogens is 2. The highest BCUT2D eigenvalue weighted by Crippen LogP contribution is 2.42. The predicted molar refractivity (Wildman–Crippen MR) is 138 cm³/mol. The van der Waals surface area contributed by atoms with Crippen molar-refractivity contribution in [1.29, 1.82) is 0 Å². The average molecular weight is 501 g/mol. The number of fused-ring (bicyclic) bond motifs is 1. The standard InChI is InChI=1S/C29H26F2N4O2/c1-4-37-29-26(32-28(36)20-7-5-6-17(2)16-20)25(19-8-10-21(30)11-9-19)24-18(3)34-35(27(24)33-29)23-14-12-22(31)13-15-23/h5-16,25-26H,4H2,1-3H3,(H,32,36)/t25-,26-/m0/s1. The van der Waals surface area contributed by atoms with E-state index in [9.17, 15) is 13.6 Å². The molecule has 1 aliphatic rings. The zero-order valence-corrected chi connectivity index (χ0v) is 20.7. The Morgan fingerprint density at radius 2 is 1.68 bits per heavy atom. The van der Waals surface area contributed by atoms with E-state index in [2.05, 4.69) is 5.32 Å². The van der Waals surface area contributed by atoms with Gasteiger partial charge in [0.1, 0.15) is 17.7 Å². The van der Waals surface area contributed by atoms with Gasteiger partial charge in [-0.05, 0) is 74.9 Å². The van der Waals surface area contributed by atoms with Crippen LogP contribution in [0.4, 0.5) is 14.6 Å². The molecule has 1 aromatic heterocycles. The van der Waals surface area contributed by atoms with E-state index in [1.165, 1.54) is 24.3 Å². The van der Waals surface area contributed by atoms with E-state index >= 15 is 0 Å². The lowest BCUT2D eigenvalue weighted by atomic mass is 9.82. The van der Waals surface area contributed by atoms with Gasteiger partial charge in [-0.1, -0.05) is 29.8 Å². The first-order chi connectivity index (χ1) is 17.9. The molecule has 1 amide bonds. The average Bonchev–Trinajstić information content (AvgIpc) is 3.21. The number of nitrogens with zero attached hydrogens (tertiary/aromatic N) is 3. The van der Waals surface area contributed by atoms with Gasteiger partial charge in [-0.2, -0.15) is 10.1 Å². The van der Waals surface area contributed by atoms with Gasteiger partial charge in [-0.15, -0.1) is 0 Å². The summed E-state index contributed by atoms with van der Waals surface area (Å²) in [5, 5.41) is 7.82. The van der Waals surface area contributed by atoms with Crippen molar-refractivity contribution in [2.24, 2.45) is 4.99 Å². The number of hydrogen-bond donors (Lipinski definition) is 1. The summed E-state index contributed by atoms with van der Waals surface area (Å²) in [4.78, 5) is 18.2. The second kappa shape index (κ2) is 9.97. The minimum atomic E-state index is -0.671. The summed E-state index contributed by atoms with van der Waals surface area (Å²) >= 11 is 0. The van der Waals surface area contributed by atoms with Crippen LogP contribution in [-0.2, 0) is 4.74 Å². The zero-order valence-electron chi connectivity index (χ0n) is 20.7. The van der Waals surface area contributed by atoms with E-state index in [-0.39, 0.29) is 17.5 Å². The van der Waals surface area contributed by atoms with Crippen molar-refractivity contribution >= 4 is 17.6 Å². The third-order valence-corrected chi connectivity index (χ3v) is 6.37. The fourth-order valence-electron chi connectivity index (χ4n) is 4.70. The van der Waals surface area contributed by atoms with Gasteiger partial charge in [0, 0.05) is 17.0 Å². The molecule has 0 spiro atoms. The minimum absolute atomic E-state index is 0.278. The largest absolute Gasteiger partial charge is 0.479 e. The molecule has 3 aromatic carbocycles. The van der Waals surface area contributed by atoms with Crippen LogP contribution in [0.15, 0.2) is 77.8 Å². The van der Waals surface area contributed by atoms with Crippen molar-refractivity contribution in [3.8, 4) is 5.69 Å². The maximum Gasteiger partial charge on any atom is 0.251 e. The van der Waals surface area contributed by atoms with Crippen molar-refractivity contribution in [2.45, 2.75) is 32.7 Å². The van der Waals surface area contributed by atoms with Crippen molar-refractivity contribution in [3.05, 3.63) is 112 Å². The van der Waals surface area contributed by atoms with E-state index < -0.39 is 12.0 Å². The van der Waals surface area contributed by atoms with Gasteiger partial charge in [0.25, 0.3) is 5.91 Å². The first-order valence-corrected chi connectivity index (χ1v) is 12.1. The van der Waals surface area contributed by atoms with Gasteiger partial charge >= 0.3 is 0 Å². The fourth-order valence-corrected chi connectivity index (χ4v) is 4.70. The molecule has 0 aliphatic carbocycles. The van der Waals surface area contributed by atoms with Crippen LogP contribution < -0.4 is 5.32 Å². The Morgan fingerprint density at radius 1 is 1.00 bits per heavy atom. The molecule has 6 nitrogen and oxygen atoms in total. The second-order valence-electron chi connectivity index (χ2n) is 8.94. The molecule has 0 saturated carbocycles. The van der Waals surface area contributed by atoms with Gasteiger partial charge in [-0.25, -0.2) is 13.5 Å². The van der Waals surface area contributed by atoms with Crippen molar-refractivity contribution in [2.75, 3.05) is 6.61 Å². The number of carbonyl (C=O) groups excluding carboxylic acids is 1. The summed E-state index contributed by atoms with van der Waals surface area (Å²) < 4.78 is 35.1.